The Bertz CT molecular complexity index is 1110. The molecule has 0 saturated carbocycles. The Morgan fingerprint density at radius 2 is 1.77 bits per heavy atom. The van der Waals surface area contributed by atoms with Gasteiger partial charge in [0.1, 0.15) is 0 Å². The summed E-state index contributed by atoms with van der Waals surface area (Å²) in [5.41, 5.74) is 4.48. The highest BCUT2D eigenvalue weighted by atomic mass is 16.2. The quantitative estimate of drug-likeness (QED) is 0.725. The Labute approximate surface area is 175 Å². The minimum atomic E-state index is -0.185. The third-order valence-electron chi connectivity index (χ3n) is 5.90. The van der Waals surface area contributed by atoms with E-state index in [1.165, 1.54) is 0 Å². The summed E-state index contributed by atoms with van der Waals surface area (Å²) in [6.07, 6.45) is 0.517. The van der Waals surface area contributed by atoms with Crippen LogP contribution in [0.5, 0.6) is 0 Å². The molecular formula is C25H23N3O2. The van der Waals surface area contributed by atoms with E-state index in [0.29, 0.717) is 18.5 Å². The van der Waals surface area contributed by atoms with Crippen LogP contribution >= 0.6 is 0 Å². The lowest BCUT2D eigenvalue weighted by Gasteiger charge is -2.41. The summed E-state index contributed by atoms with van der Waals surface area (Å²) in [6.45, 7) is 2.35. The van der Waals surface area contributed by atoms with Crippen molar-refractivity contribution >= 4 is 23.2 Å². The summed E-state index contributed by atoms with van der Waals surface area (Å²) < 4.78 is 0. The van der Waals surface area contributed by atoms with Gasteiger partial charge in [-0.05, 0) is 48.4 Å². The van der Waals surface area contributed by atoms with Gasteiger partial charge >= 0.3 is 0 Å². The molecule has 0 spiro atoms. The number of amides is 2. The highest BCUT2D eigenvalue weighted by molar-refractivity contribution is 6.07. The molecule has 5 heteroatoms. The van der Waals surface area contributed by atoms with Gasteiger partial charge in [0.15, 0.2) is 0 Å². The number of nitrogens with zero attached hydrogens (tertiary/aromatic N) is 2. The fourth-order valence-electron chi connectivity index (χ4n) is 4.55. The summed E-state index contributed by atoms with van der Waals surface area (Å²) in [4.78, 5) is 30.0. The van der Waals surface area contributed by atoms with Crippen molar-refractivity contribution in [2.75, 3.05) is 16.3 Å². The van der Waals surface area contributed by atoms with Gasteiger partial charge in [-0.1, -0.05) is 48.5 Å². The number of nitrogens with one attached hydrogen (secondary N) is 1. The predicted molar refractivity (Wildman–Crippen MR) is 118 cm³/mol. The number of hydrogen-bond donors (Lipinski definition) is 1. The first-order valence-electron chi connectivity index (χ1n) is 10.2. The van der Waals surface area contributed by atoms with Gasteiger partial charge in [0.05, 0.1) is 24.4 Å². The maximum absolute atomic E-state index is 13.7. The lowest BCUT2D eigenvalue weighted by molar-refractivity contribution is -0.116. The van der Waals surface area contributed by atoms with Crippen molar-refractivity contribution < 1.29 is 9.59 Å². The van der Waals surface area contributed by atoms with Crippen LogP contribution in [-0.2, 0) is 4.79 Å². The van der Waals surface area contributed by atoms with E-state index < -0.39 is 0 Å². The van der Waals surface area contributed by atoms with E-state index in [0.717, 1.165) is 22.5 Å². The van der Waals surface area contributed by atoms with Crippen molar-refractivity contribution in [2.24, 2.45) is 0 Å². The monoisotopic (exact) mass is 397 g/mol. The molecule has 1 N–H and O–H groups in total. The summed E-state index contributed by atoms with van der Waals surface area (Å²) in [6, 6.07) is 25.2. The first-order chi connectivity index (χ1) is 14.6. The van der Waals surface area contributed by atoms with E-state index in [2.05, 4.69) is 5.32 Å². The highest BCUT2D eigenvalue weighted by Crippen LogP contribution is 2.43. The molecule has 2 amide bonds. The molecule has 3 aromatic rings. The van der Waals surface area contributed by atoms with Gasteiger partial charge in [-0.15, -0.1) is 0 Å². The lowest BCUT2D eigenvalue weighted by Crippen LogP contribution is -2.47. The van der Waals surface area contributed by atoms with E-state index in [1.54, 1.807) is 0 Å². The Kier molecular flexibility index (Phi) is 4.60. The number of rotatable bonds is 3. The van der Waals surface area contributed by atoms with Gasteiger partial charge in [-0.3, -0.25) is 19.8 Å². The zero-order chi connectivity index (χ0) is 20.7. The Balaban J connectivity index is 1.66. The number of hydrogen-bond acceptors (Lipinski definition) is 3. The van der Waals surface area contributed by atoms with Crippen LogP contribution in [0, 0.1) is 6.92 Å². The van der Waals surface area contributed by atoms with Crippen LogP contribution in [-0.4, -0.2) is 24.5 Å². The molecule has 5 rings (SSSR count). The van der Waals surface area contributed by atoms with Gasteiger partial charge in [-0.2, -0.15) is 0 Å². The number of aryl methyl sites for hydroxylation is 1. The first-order valence-corrected chi connectivity index (χ1v) is 10.2. The summed E-state index contributed by atoms with van der Waals surface area (Å²) in [5, 5.41) is 3.31. The molecule has 2 aliphatic rings. The predicted octanol–water partition coefficient (Wildman–Crippen LogP) is 4.05. The van der Waals surface area contributed by atoms with Crippen LogP contribution in [0.15, 0.2) is 78.9 Å². The normalized spacial score (nSPS) is 19.9. The molecule has 1 fully saturated rings. The van der Waals surface area contributed by atoms with Crippen LogP contribution in [0.25, 0.3) is 0 Å². The van der Waals surface area contributed by atoms with Crippen molar-refractivity contribution in [1.29, 1.82) is 0 Å². The lowest BCUT2D eigenvalue weighted by atomic mass is 9.92. The number of anilines is 2. The largest absolute Gasteiger partial charge is 0.301 e. The third-order valence-corrected chi connectivity index (χ3v) is 5.90. The molecule has 3 aromatic carbocycles. The smallest absolute Gasteiger partial charge is 0.258 e. The van der Waals surface area contributed by atoms with E-state index in [1.807, 2.05) is 95.6 Å². The van der Waals surface area contributed by atoms with Crippen LogP contribution in [0.2, 0.25) is 0 Å². The van der Waals surface area contributed by atoms with Crippen molar-refractivity contribution in [3.8, 4) is 0 Å². The Hall–Kier alpha value is -3.44. The molecule has 150 valence electrons. The van der Waals surface area contributed by atoms with E-state index >= 15 is 0 Å². The second-order valence-corrected chi connectivity index (χ2v) is 7.85. The first kappa shape index (κ1) is 18.6. The number of carbonyl (C=O) groups is 2. The van der Waals surface area contributed by atoms with Crippen LogP contribution in [0.4, 0.5) is 11.4 Å². The minimum absolute atomic E-state index is 0.0428. The van der Waals surface area contributed by atoms with Crippen LogP contribution in [0.1, 0.15) is 33.9 Å². The zero-order valence-electron chi connectivity index (χ0n) is 16.8. The van der Waals surface area contributed by atoms with Crippen molar-refractivity contribution in [2.45, 2.75) is 25.6 Å². The van der Waals surface area contributed by atoms with E-state index in [4.69, 9.17) is 0 Å². The van der Waals surface area contributed by atoms with Crippen molar-refractivity contribution in [1.82, 2.24) is 5.32 Å². The molecular weight excluding hydrogens is 374 g/mol. The number of fused-ring (bicyclic) bond motifs is 3. The molecule has 2 aliphatic heterocycles. The summed E-state index contributed by atoms with van der Waals surface area (Å²) in [7, 11) is 0. The van der Waals surface area contributed by atoms with Gasteiger partial charge in [0.25, 0.3) is 5.91 Å². The summed E-state index contributed by atoms with van der Waals surface area (Å²) in [5.74, 6) is 0.0289. The minimum Gasteiger partial charge on any atom is -0.301 e. The number of benzene rings is 3. The molecule has 5 nitrogen and oxygen atoms in total. The molecule has 0 aliphatic carbocycles. The Morgan fingerprint density at radius 3 is 2.57 bits per heavy atom. The highest BCUT2D eigenvalue weighted by Gasteiger charge is 2.43. The SMILES string of the molecule is Cc1cccc(N(C(=O)c2ccccc2)C2CC3NCC(=O)N3c3ccccc32)c1. The van der Waals surface area contributed by atoms with Crippen LogP contribution < -0.4 is 15.1 Å². The van der Waals surface area contributed by atoms with Crippen molar-refractivity contribution in [3.05, 3.63) is 95.6 Å². The molecule has 30 heavy (non-hydrogen) atoms. The molecule has 0 radical (unpaired) electrons. The molecule has 2 unspecified atom stereocenters. The topological polar surface area (TPSA) is 52.7 Å². The molecule has 0 aromatic heterocycles. The molecule has 2 atom stereocenters. The van der Waals surface area contributed by atoms with Gasteiger partial charge in [-0.25, -0.2) is 0 Å². The average Bonchev–Trinajstić information content (AvgIpc) is 3.15. The van der Waals surface area contributed by atoms with E-state index in [-0.39, 0.29) is 24.0 Å². The molecule has 1 saturated heterocycles. The van der Waals surface area contributed by atoms with Gasteiger partial charge in [0, 0.05) is 17.7 Å². The standard InChI is InChI=1S/C25H23N3O2/c1-17-8-7-11-19(14-17)27(25(30)18-9-3-2-4-10-18)22-15-23-26-16-24(29)28(23)21-13-6-5-12-20(21)22/h2-14,22-23,26H,15-16H2,1H3. The number of carbonyl (C=O) groups excluding carboxylic acids is 2. The molecule has 0 bridgehead atoms. The summed E-state index contributed by atoms with van der Waals surface area (Å²) >= 11 is 0. The maximum atomic E-state index is 13.7. The maximum Gasteiger partial charge on any atom is 0.258 e. The average molecular weight is 397 g/mol. The van der Waals surface area contributed by atoms with Crippen LogP contribution in [0.3, 0.4) is 0 Å². The fraction of sp³-hybridized carbons (Fsp3) is 0.200. The zero-order valence-corrected chi connectivity index (χ0v) is 16.8. The van der Waals surface area contributed by atoms with Gasteiger partial charge < -0.3 is 4.90 Å². The van der Waals surface area contributed by atoms with E-state index in [9.17, 15) is 9.59 Å². The second-order valence-electron chi connectivity index (χ2n) is 7.85. The fourth-order valence-corrected chi connectivity index (χ4v) is 4.55. The number of para-hydroxylation sites is 1. The Morgan fingerprint density at radius 1 is 1.00 bits per heavy atom. The molecule has 2 heterocycles. The van der Waals surface area contributed by atoms with Gasteiger partial charge in [0.2, 0.25) is 5.91 Å². The second kappa shape index (κ2) is 7.43. The third kappa shape index (κ3) is 3.08. The van der Waals surface area contributed by atoms with Crippen molar-refractivity contribution in [3.63, 3.8) is 0 Å².